The molecule has 0 radical (unpaired) electrons. The van der Waals surface area contributed by atoms with Gasteiger partial charge < -0.3 is 23.8 Å². The Hall–Kier alpha value is -3.67. The number of hydrogen-bond donors (Lipinski definition) is 1. The Morgan fingerprint density at radius 2 is 1.60 bits per heavy atom. The summed E-state index contributed by atoms with van der Waals surface area (Å²) in [6, 6.07) is 16.6. The summed E-state index contributed by atoms with van der Waals surface area (Å²) in [6.07, 6.45) is 0. The molecule has 0 bridgehead atoms. The summed E-state index contributed by atoms with van der Waals surface area (Å²) in [5.41, 5.74) is 3.80. The van der Waals surface area contributed by atoms with Crippen LogP contribution in [0, 0.1) is 12.8 Å². The number of nitrogens with one attached hydrogen (secondary N) is 1. The Bertz CT molecular complexity index is 1570. The molecule has 0 aliphatic rings. The largest absolute Gasteiger partial charge is 0.755 e. The van der Waals surface area contributed by atoms with Gasteiger partial charge in [-0.25, -0.2) is 4.79 Å². The van der Waals surface area contributed by atoms with E-state index in [0.717, 1.165) is 25.3 Å². The van der Waals surface area contributed by atoms with Crippen LogP contribution in [0.2, 0.25) is 0 Å². The molecule has 2 unspecified atom stereocenters. The highest BCUT2D eigenvalue weighted by molar-refractivity contribution is 9.10. The highest BCUT2D eigenvalue weighted by Crippen LogP contribution is 2.38. The number of carbonyl (C=O) groups is 2. The van der Waals surface area contributed by atoms with Gasteiger partial charge in [0.15, 0.2) is 5.76 Å². The molecule has 0 aliphatic carbocycles. The number of aryl methyl sites for hydroxylation is 1. The van der Waals surface area contributed by atoms with Crippen LogP contribution in [-0.4, -0.2) is 40.9 Å². The van der Waals surface area contributed by atoms with E-state index in [1.54, 1.807) is 76.4 Å². The van der Waals surface area contributed by atoms with Gasteiger partial charge in [-0.2, -0.15) is 0 Å². The second-order valence-corrected chi connectivity index (χ2v) is 11.0. The zero-order valence-corrected chi connectivity index (χ0v) is 24.9. The monoisotopic (exact) mass is 627 g/mol. The van der Waals surface area contributed by atoms with Crippen LogP contribution in [-0.2, 0) is 20.8 Å². The number of nitrogens with zero attached hydrogens (tertiary/aromatic N) is 1. The lowest BCUT2D eigenvalue weighted by Gasteiger charge is -2.35. The SMILES string of the molecule is COC(=O)C(C(C)C)N(c1ccc(-c2ccc(NC(=O)c3oc4ccc(Br)c(OC)c4c3C)cc2)cc1)S(=O)[O-]. The van der Waals surface area contributed by atoms with E-state index in [1.807, 2.05) is 12.1 Å². The summed E-state index contributed by atoms with van der Waals surface area (Å²) in [4.78, 5) is 25.3. The number of hydrogen-bond acceptors (Lipinski definition) is 7. The minimum Gasteiger partial charge on any atom is -0.755 e. The number of fused-ring (bicyclic) bond motifs is 1. The van der Waals surface area contributed by atoms with Crippen LogP contribution in [0.25, 0.3) is 22.1 Å². The highest BCUT2D eigenvalue weighted by atomic mass is 79.9. The Morgan fingerprint density at radius 3 is 2.12 bits per heavy atom. The number of benzene rings is 3. The Kier molecular flexibility index (Phi) is 8.97. The molecule has 4 rings (SSSR count). The van der Waals surface area contributed by atoms with Crippen LogP contribution >= 0.6 is 15.9 Å². The van der Waals surface area contributed by atoms with Crippen molar-refractivity contribution >= 4 is 61.4 Å². The average molecular weight is 629 g/mol. The maximum Gasteiger partial charge on any atom is 0.329 e. The number of anilines is 2. The third-order valence-electron chi connectivity index (χ3n) is 6.49. The lowest BCUT2D eigenvalue weighted by molar-refractivity contribution is -0.142. The van der Waals surface area contributed by atoms with Crippen molar-refractivity contribution in [1.82, 2.24) is 0 Å². The second-order valence-electron chi connectivity index (χ2n) is 9.34. The quantitative estimate of drug-likeness (QED) is 0.172. The third kappa shape index (κ3) is 5.77. The number of rotatable bonds is 9. The second kappa shape index (κ2) is 12.2. The van der Waals surface area contributed by atoms with E-state index >= 15 is 0 Å². The van der Waals surface area contributed by atoms with Gasteiger partial charge in [-0.15, -0.1) is 0 Å². The van der Waals surface area contributed by atoms with Gasteiger partial charge in [0.05, 0.1) is 24.1 Å². The molecule has 1 amide bonds. The first kappa shape index (κ1) is 29.3. The molecule has 3 aromatic carbocycles. The fourth-order valence-corrected chi connectivity index (χ4v) is 5.83. The van der Waals surface area contributed by atoms with Gasteiger partial charge in [0.25, 0.3) is 5.91 Å². The Labute approximate surface area is 243 Å². The number of halogens is 1. The van der Waals surface area contributed by atoms with Crippen LogP contribution in [0.5, 0.6) is 5.75 Å². The van der Waals surface area contributed by atoms with Gasteiger partial charge in [0.2, 0.25) is 0 Å². The molecule has 0 saturated carbocycles. The molecule has 4 aromatic rings. The van der Waals surface area contributed by atoms with Gasteiger partial charge >= 0.3 is 5.97 Å². The minimum absolute atomic E-state index is 0.193. The Balaban J connectivity index is 1.53. The maximum atomic E-state index is 13.0. The molecule has 210 valence electrons. The molecule has 11 heteroatoms. The lowest BCUT2D eigenvalue weighted by atomic mass is 10.0. The van der Waals surface area contributed by atoms with E-state index in [2.05, 4.69) is 21.2 Å². The van der Waals surface area contributed by atoms with E-state index in [0.29, 0.717) is 28.3 Å². The lowest BCUT2D eigenvalue weighted by Crippen LogP contribution is -2.46. The van der Waals surface area contributed by atoms with E-state index < -0.39 is 23.3 Å². The molecule has 0 saturated heterocycles. The third-order valence-corrected chi connectivity index (χ3v) is 7.88. The van der Waals surface area contributed by atoms with Gasteiger partial charge in [-0.1, -0.05) is 38.1 Å². The highest BCUT2D eigenvalue weighted by Gasteiger charge is 2.31. The van der Waals surface area contributed by atoms with Crippen LogP contribution in [0.1, 0.15) is 30.0 Å². The number of furan rings is 1. The summed E-state index contributed by atoms with van der Waals surface area (Å²) < 4.78 is 42.0. The van der Waals surface area contributed by atoms with Crippen molar-refractivity contribution in [2.75, 3.05) is 23.8 Å². The number of ether oxygens (including phenoxy) is 2. The normalized spacial score (nSPS) is 12.7. The molecule has 40 heavy (non-hydrogen) atoms. The molecular weight excluding hydrogens is 600 g/mol. The number of amides is 1. The van der Waals surface area contributed by atoms with Crippen LogP contribution in [0.3, 0.4) is 0 Å². The van der Waals surface area contributed by atoms with E-state index in [-0.39, 0.29) is 17.6 Å². The topological polar surface area (TPSA) is 121 Å². The fraction of sp³-hybridized carbons (Fsp3) is 0.241. The van der Waals surface area contributed by atoms with Crippen LogP contribution < -0.4 is 14.4 Å². The smallest absolute Gasteiger partial charge is 0.329 e. The summed E-state index contributed by atoms with van der Waals surface area (Å²) in [7, 11) is 2.79. The van der Waals surface area contributed by atoms with Crippen molar-refractivity contribution < 1.29 is 32.2 Å². The number of esters is 1. The summed E-state index contributed by atoms with van der Waals surface area (Å²) in [5, 5.41) is 3.59. The molecule has 0 aliphatic heterocycles. The van der Waals surface area contributed by atoms with Crippen molar-refractivity contribution in [2.24, 2.45) is 5.92 Å². The molecule has 0 spiro atoms. The molecular formula is C29H28BrN2O7S-. The summed E-state index contributed by atoms with van der Waals surface area (Å²) in [6.45, 7) is 5.31. The Morgan fingerprint density at radius 1 is 1.00 bits per heavy atom. The van der Waals surface area contributed by atoms with Gasteiger partial charge in [0, 0.05) is 28.2 Å². The first-order valence-electron chi connectivity index (χ1n) is 12.3. The van der Waals surface area contributed by atoms with Gasteiger partial charge in [-0.3, -0.25) is 13.3 Å². The van der Waals surface area contributed by atoms with Crippen molar-refractivity contribution in [3.63, 3.8) is 0 Å². The summed E-state index contributed by atoms with van der Waals surface area (Å²) in [5.74, 6) is -0.536. The maximum absolute atomic E-state index is 13.0. The van der Waals surface area contributed by atoms with Crippen LogP contribution in [0.4, 0.5) is 11.4 Å². The summed E-state index contributed by atoms with van der Waals surface area (Å²) >= 11 is 0.772. The number of methoxy groups -OCH3 is 2. The standard InChI is InChI=1S/C29H29BrN2O7S/c1-16(2)25(29(34)38-5)32(40(35)36)21-12-8-19(9-13-21)18-6-10-20(11-7-18)31-28(33)26-17(3)24-23(39-26)15-14-22(30)27(24)37-4/h6-16,25H,1-5H3,(H,31,33)(H,35,36)/p-1. The molecule has 0 fully saturated rings. The predicted molar refractivity (Wildman–Crippen MR) is 157 cm³/mol. The van der Waals surface area contributed by atoms with Crippen LogP contribution in [0.15, 0.2) is 69.6 Å². The van der Waals surface area contributed by atoms with Crippen molar-refractivity contribution in [3.8, 4) is 16.9 Å². The molecule has 1 heterocycles. The molecule has 2 atom stereocenters. The molecule has 1 N–H and O–H groups in total. The average Bonchev–Trinajstić information content (AvgIpc) is 3.28. The number of carbonyl (C=O) groups excluding carboxylic acids is 2. The first-order valence-corrected chi connectivity index (χ1v) is 14.1. The van der Waals surface area contributed by atoms with Crippen molar-refractivity contribution in [1.29, 1.82) is 0 Å². The van der Waals surface area contributed by atoms with E-state index in [4.69, 9.17) is 13.9 Å². The van der Waals surface area contributed by atoms with E-state index in [1.165, 1.54) is 7.11 Å². The molecule has 9 nitrogen and oxygen atoms in total. The van der Waals surface area contributed by atoms with Crippen molar-refractivity contribution in [3.05, 3.63) is 76.5 Å². The van der Waals surface area contributed by atoms with Gasteiger partial charge in [0.1, 0.15) is 17.4 Å². The van der Waals surface area contributed by atoms with Gasteiger partial charge in [-0.05, 0) is 76.3 Å². The van der Waals surface area contributed by atoms with E-state index in [9.17, 15) is 18.4 Å². The fourth-order valence-electron chi connectivity index (χ4n) is 4.53. The first-order chi connectivity index (χ1) is 19.1. The zero-order chi connectivity index (χ0) is 29.1. The molecule has 1 aromatic heterocycles. The predicted octanol–water partition coefficient (Wildman–Crippen LogP) is 6.23. The minimum atomic E-state index is -2.69. The zero-order valence-electron chi connectivity index (χ0n) is 22.5. The van der Waals surface area contributed by atoms with Crippen molar-refractivity contribution in [2.45, 2.75) is 26.8 Å².